The zero-order valence-corrected chi connectivity index (χ0v) is 18.1. The molecular formula is C21H30ClN5O. The Balaban J connectivity index is 0.00000280. The molecular weight excluding hydrogens is 374 g/mol. The third-order valence-corrected chi connectivity index (χ3v) is 5.25. The third-order valence-electron chi connectivity index (χ3n) is 5.25. The standard InChI is InChI=1S/C21H29N5O.ClH/c1-14-16(10-11-19(27)25(5)13-21(3,4)12-22)15(2)26-20(23-14)17-8-6-7-9-18(17)24-26;/h6-9H,10-13,22H2,1-5H3;1H. The van der Waals surface area contributed by atoms with Crippen molar-refractivity contribution >= 4 is 34.9 Å². The highest BCUT2D eigenvalue weighted by atomic mass is 35.5. The van der Waals surface area contributed by atoms with Crippen LogP contribution in [-0.4, -0.2) is 45.5 Å². The van der Waals surface area contributed by atoms with Crippen LogP contribution in [0.15, 0.2) is 24.3 Å². The van der Waals surface area contributed by atoms with E-state index in [9.17, 15) is 4.79 Å². The molecule has 0 fully saturated rings. The SMILES string of the molecule is Cc1nc2c3ccccc3nn2c(C)c1CCC(=O)N(C)CC(C)(C)CN.Cl. The van der Waals surface area contributed by atoms with Crippen LogP contribution in [0, 0.1) is 19.3 Å². The normalized spacial score (nSPS) is 11.6. The van der Waals surface area contributed by atoms with Crippen molar-refractivity contribution in [1.82, 2.24) is 19.5 Å². The number of fused-ring (bicyclic) bond motifs is 3. The minimum Gasteiger partial charge on any atom is -0.345 e. The van der Waals surface area contributed by atoms with Gasteiger partial charge in [-0.1, -0.05) is 26.0 Å². The summed E-state index contributed by atoms with van der Waals surface area (Å²) in [7, 11) is 1.85. The van der Waals surface area contributed by atoms with Crippen molar-refractivity contribution in [2.45, 2.75) is 40.5 Å². The molecule has 0 unspecified atom stereocenters. The number of aryl methyl sites for hydroxylation is 2. The number of hydrogen-bond acceptors (Lipinski definition) is 4. The van der Waals surface area contributed by atoms with E-state index in [1.165, 1.54) is 0 Å². The van der Waals surface area contributed by atoms with Gasteiger partial charge >= 0.3 is 0 Å². The quantitative estimate of drug-likeness (QED) is 0.685. The molecule has 0 saturated carbocycles. The molecule has 6 nitrogen and oxygen atoms in total. The molecule has 7 heteroatoms. The van der Waals surface area contributed by atoms with Crippen LogP contribution in [0.4, 0.5) is 0 Å². The first-order valence-corrected chi connectivity index (χ1v) is 9.41. The summed E-state index contributed by atoms with van der Waals surface area (Å²) in [5.41, 5.74) is 10.6. The van der Waals surface area contributed by atoms with E-state index in [-0.39, 0.29) is 23.7 Å². The molecule has 2 aromatic heterocycles. The maximum Gasteiger partial charge on any atom is 0.222 e. The van der Waals surface area contributed by atoms with Crippen LogP contribution in [0.2, 0.25) is 0 Å². The molecule has 0 atom stereocenters. The van der Waals surface area contributed by atoms with E-state index in [1.54, 1.807) is 4.90 Å². The lowest BCUT2D eigenvalue weighted by Gasteiger charge is -2.29. The van der Waals surface area contributed by atoms with Gasteiger partial charge in [0.25, 0.3) is 0 Å². The summed E-state index contributed by atoms with van der Waals surface area (Å²) >= 11 is 0. The molecule has 3 rings (SSSR count). The number of rotatable bonds is 6. The van der Waals surface area contributed by atoms with Crippen LogP contribution in [0.3, 0.4) is 0 Å². The molecule has 1 amide bonds. The number of halogens is 1. The van der Waals surface area contributed by atoms with Gasteiger partial charge < -0.3 is 10.6 Å². The van der Waals surface area contributed by atoms with Crippen molar-refractivity contribution in [3.05, 3.63) is 41.2 Å². The molecule has 152 valence electrons. The number of hydrogen-bond donors (Lipinski definition) is 1. The molecule has 2 N–H and O–H groups in total. The Bertz CT molecular complexity index is 995. The average Bonchev–Trinajstić information content (AvgIpc) is 3.00. The van der Waals surface area contributed by atoms with E-state index in [4.69, 9.17) is 10.7 Å². The monoisotopic (exact) mass is 403 g/mol. The largest absolute Gasteiger partial charge is 0.345 e. The Labute approximate surface area is 172 Å². The number of nitrogens with zero attached hydrogens (tertiary/aromatic N) is 4. The minimum absolute atomic E-state index is 0. The fraction of sp³-hybridized carbons (Fsp3) is 0.476. The van der Waals surface area contributed by atoms with Gasteiger partial charge in [0.2, 0.25) is 5.91 Å². The first kappa shape index (κ1) is 22.1. The van der Waals surface area contributed by atoms with Crippen LogP contribution in [0.5, 0.6) is 0 Å². The highest BCUT2D eigenvalue weighted by molar-refractivity contribution is 5.92. The van der Waals surface area contributed by atoms with E-state index < -0.39 is 0 Å². The van der Waals surface area contributed by atoms with E-state index in [2.05, 4.69) is 25.9 Å². The van der Waals surface area contributed by atoms with Gasteiger partial charge in [-0.3, -0.25) is 4.79 Å². The Morgan fingerprint density at radius 3 is 2.61 bits per heavy atom. The summed E-state index contributed by atoms with van der Waals surface area (Å²) < 4.78 is 1.90. The molecule has 0 aliphatic rings. The molecule has 0 bridgehead atoms. The van der Waals surface area contributed by atoms with Crippen molar-refractivity contribution < 1.29 is 4.79 Å². The predicted molar refractivity (Wildman–Crippen MR) is 116 cm³/mol. The number of benzene rings is 1. The second-order valence-corrected chi connectivity index (χ2v) is 8.13. The second-order valence-electron chi connectivity index (χ2n) is 8.13. The van der Waals surface area contributed by atoms with Crippen LogP contribution in [0.1, 0.15) is 37.2 Å². The highest BCUT2D eigenvalue weighted by Crippen LogP contribution is 2.23. The second kappa shape index (κ2) is 8.45. The molecule has 0 aliphatic carbocycles. The van der Waals surface area contributed by atoms with E-state index in [1.807, 2.05) is 42.8 Å². The Kier molecular flexibility index (Phi) is 6.67. The number of nitrogens with two attached hydrogens (primary N) is 1. The summed E-state index contributed by atoms with van der Waals surface area (Å²) in [6.07, 6.45) is 1.11. The lowest BCUT2D eigenvalue weighted by molar-refractivity contribution is -0.131. The molecule has 3 aromatic rings. The number of carbonyl (C=O) groups excluding carboxylic acids is 1. The first-order valence-electron chi connectivity index (χ1n) is 9.41. The van der Waals surface area contributed by atoms with Gasteiger partial charge in [0.15, 0.2) is 5.65 Å². The topological polar surface area (TPSA) is 76.5 Å². The van der Waals surface area contributed by atoms with Crippen molar-refractivity contribution in [2.24, 2.45) is 11.1 Å². The molecule has 0 aliphatic heterocycles. The predicted octanol–water partition coefficient (Wildman–Crippen LogP) is 3.30. The summed E-state index contributed by atoms with van der Waals surface area (Å²) in [5, 5.41) is 5.73. The summed E-state index contributed by atoms with van der Waals surface area (Å²) in [5.74, 6) is 0.126. The number of aromatic nitrogens is 3. The van der Waals surface area contributed by atoms with Crippen LogP contribution < -0.4 is 5.73 Å². The Hall–Kier alpha value is -2.18. The fourth-order valence-electron chi connectivity index (χ4n) is 3.56. The summed E-state index contributed by atoms with van der Waals surface area (Å²) in [6.45, 7) is 9.42. The van der Waals surface area contributed by atoms with Gasteiger partial charge in [0.1, 0.15) is 0 Å². The molecule has 0 radical (unpaired) electrons. The lowest BCUT2D eigenvalue weighted by atomic mass is 9.93. The molecule has 1 aromatic carbocycles. The smallest absolute Gasteiger partial charge is 0.222 e. The Morgan fingerprint density at radius 2 is 1.93 bits per heavy atom. The molecule has 0 spiro atoms. The van der Waals surface area contributed by atoms with Gasteiger partial charge in [-0.05, 0) is 49.9 Å². The average molecular weight is 404 g/mol. The van der Waals surface area contributed by atoms with E-state index >= 15 is 0 Å². The van der Waals surface area contributed by atoms with Crippen LogP contribution >= 0.6 is 12.4 Å². The van der Waals surface area contributed by atoms with E-state index in [0.717, 1.165) is 33.5 Å². The van der Waals surface area contributed by atoms with Crippen LogP contribution in [0.25, 0.3) is 16.6 Å². The minimum atomic E-state index is -0.0775. The van der Waals surface area contributed by atoms with Gasteiger partial charge in [0.05, 0.1) is 5.52 Å². The van der Waals surface area contributed by atoms with E-state index in [0.29, 0.717) is 25.9 Å². The van der Waals surface area contributed by atoms with Gasteiger partial charge in [-0.15, -0.1) is 12.4 Å². The lowest BCUT2D eigenvalue weighted by Crippen LogP contribution is -2.39. The van der Waals surface area contributed by atoms with Crippen molar-refractivity contribution in [3.8, 4) is 0 Å². The maximum atomic E-state index is 12.6. The van der Waals surface area contributed by atoms with Crippen molar-refractivity contribution in [3.63, 3.8) is 0 Å². The zero-order chi connectivity index (χ0) is 19.8. The van der Waals surface area contributed by atoms with Gasteiger partial charge in [-0.2, -0.15) is 5.10 Å². The zero-order valence-electron chi connectivity index (χ0n) is 17.3. The Morgan fingerprint density at radius 1 is 1.25 bits per heavy atom. The first-order chi connectivity index (χ1) is 12.7. The molecule has 0 saturated heterocycles. The van der Waals surface area contributed by atoms with Crippen molar-refractivity contribution in [2.75, 3.05) is 20.1 Å². The van der Waals surface area contributed by atoms with Gasteiger partial charge in [0, 0.05) is 36.8 Å². The number of amides is 1. The third kappa shape index (κ3) is 4.28. The summed E-state index contributed by atoms with van der Waals surface area (Å²) in [4.78, 5) is 19.1. The molecule has 28 heavy (non-hydrogen) atoms. The summed E-state index contributed by atoms with van der Waals surface area (Å²) in [6, 6.07) is 8.02. The maximum absolute atomic E-state index is 12.6. The van der Waals surface area contributed by atoms with Crippen LogP contribution in [-0.2, 0) is 11.2 Å². The van der Waals surface area contributed by atoms with Gasteiger partial charge in [-0.25, -0.2) is 9.50 Å². The van der Waals surface area contributed by atoms with Crippen molar-refractivity contribution in [1.29, 1.82) is 0 Å². The fourth-order valence-corrected chi connectivity index (χ4v) is 3.56. The molecule has 2 heterocycles. The number of carbonyl (C=O) groups is 1. The highest BCUT2D eigenvalue weighted by Gasteiger charge is 2.22.